The number of pyridine rings is 1. The third kappa shape index (κ3) is 1.26. The third-order valence-electron chi connectivity index (χ3n) is 3.85. The lowest BCUT2D eigenvalue weighted by Gasteiger charge is -2.21. The first-order chi connectivity index (χ1) is 7.40. The molecule has 1 aromatic rings. The maximum Gasteiger partial charge on any atom is 0.0822 e. The van der Waals surface area contributed by atoms with Crippen LogP contribution in [-0.2, 0) is 0 Å². The van der Waals surface area contributed by atoms with E-state index in [1.165, 1.54) is 31.2 Å². The number of nitrogens with one attached hydrogen (secondary N) is 1. The Bertz CT molecular complexity index is 362. The van der Waals surface area contributed by atoms with Gasteiger partial charge in [0.25, 0.3) is 0 Å². The van der Waals surface area contributed by atoms with Gasteiger partial charge in [-0.25, -0.2) is 0 Å². The van der Waals surface area contributed by atoms with Crippen LogP contribution in [0.2, 0.25) is 0 Å². The standard InChI is InChI=1S/C12H15N3/c13-8-15-10-3-4-12(15)11(6-10)9-2-1-5-14-7-9/h1-2,5,7-8,10-13H,3-4,6H2. The van der Waals surface area contributed by atoms with E-state index >= 15 is 0 Å². The smallest absolute Gasteiger partial charge is 0.0822 e. The molecule has 3 rings (SSSR count). The molecule has 1 aromatic heterocycles. The van der Waals surface area contributed by atoms with Crippen LogP contribution in [0, 0.1) is 5.41 Å². The molecule has 2 fully saturated rings. The summed E-state index contributed by atoms with van der Waals surface area (Å²) in [6, 6.07) is 5.34. The molecule has 0 saturated carbocycles. The third-order valence-corrected chi connectivity index (χ3v) is 3.85. The highest BCUT2D eigenvalue weighted by molar-refractivity contribution is 5.54. The van der Waals surface area contributed by atoms with Gasteiger partial charge in [0, 0.05) is 30.4 Å². The summed E-state index contributed by atoms with van der Waals surface area (Å²) in [6.07, 6.45) is 9.03. The first-order valence-electron chi connectivity index (χ1n) is 5.58. The van der Waals surface area contributed by atoms with Crippen molar-refractivity contribution in [1.82, 2.24) is 9.88 Å². The number of fused-ring (bicyclic) bond motifs is 2. The minimum atomic E-state index is 0.552. The van der Waals surface area contributed by atoms with Gasteiger partial charge in [0.2, 0.25) is 0 Å². The minimum Gasteiger partial charge on any atom is -0.357 e. The Balaban J connectivity index is 1.89. The van der Waals surface area contributed by atoms with E-state index < -0.39 is 0 Å². The van der Waals surface area contributed by atoms with Gasteiger partial charge in [0.15, 0.2) is 0 Å². The molecule has 3 atom stereocenters. The Morgan fingerprint density at radius 2 is 2.40 bits per heavy atom. The van der Waals surface area contributed by atoms with Crippen molar-refractivity contribution in [3.8, 4) is 0 Å². The number of aromatic nitrogens is 1. The van der Waals surface area contributed by atoms with Gasteiger partial charge >= 0.3 is 0 Å². The SMILES string of the molecule is N=CN1C2CCC1C(c1cccnc1)C2. The first kappa shape index (κ1) is 8.89. The summed E-state index contributed by atoms with van der Waals surface area (Å²) in [4.78, 5) is 6.42. The zero-order valence-electron chi connectivity index (χ0n) is 8.63. The fourth-order valence-electron chi connectivity index (χ4n) is 3.19. The molecule has 0 amide bonds. The van der Waals surface area contributed by atoms with Crippen LogP contribution in [0.1, 0.15) is 30.7 Å². The van der Waals surface area contributed by atoms with Crippen LogP contribution in [0.5, 0.6) is 0 Å². The molecule has 2 saturated heterocycles. The summed E-state index contributed by atoms with van der Waals surface area (Å²) in [5.74, 6) is 0.596. The molecule has 2 aliphatic rings. The average molecular weight is 201 g/mol. The van der Waals surface area contributed by atoms with Crippen LogP contribution in [0.3, 0.4) is 0 Å². The van der Waals surface area contributed by atoms with Crippen molar-refractivity contribution in [3.05, 3.63) is 30.1 Å². The van der Waals surface area contributed by atoms with E-state index in [2.05, 4.69) is 16.0 Å². The lowest BCUT2D eigenvalue weighted by molar-refractivity contribution is 0.400. The minimum absolute atomic E-state index is 0.552. The van der Waals surface area contributed by atoms with E-state index in [0.29, 0.717) is 18.0 Å². The van der Waals surface area contributed by atoms with Crippen LogP contribution >= 0.6 is 0 Å². The van der Waals surface area contributed by atoms with E-state index in [9.17, 15) is 0 Å². The van der Waals surface area contributed by atoms with Crippen molar-refractivity contribution in [2.75, 3.05) is 0 Å². The topological polar surface area (TPSA) is 40.0 Å². The molecule has 15 heavy (non-hydrogen) atoms. The van der Waals surface area contributed by atoms with E-state index in [1.807, 2.05) is 18.5 Å². The molecule has 1 N–H and O–H groups in total. The van der Waals surface area contributed by atoms with Gasteiger partial charge in [-0.15, -0.1) is 0 Å². The van der Waals surface area contributed by atoms with E-state index in [0.717, 1.165) is 0 Å². The fraction of sp³-hybridized carbons (Fsp3) is 0.500. The van der Waals surface area contributed by atoms with Gasteiger partial charge in [-0.05, 0) is 30.9 Å². The summed E-state index contributed by atoms with van der Waals surface area (Å²) in [7, 11) is 0. The molecule has 3 heterocycles. The van der Waals surface area contributed by atoms with Crippen LogP contribution in [0.25, 0.3) is 0 Å². The van der Waals surface area contributed by atoms with Gasteiger partial charge in [-0.1, -0.05) is 6.07 Å². The molecule has 3 heteroatoms. The molecule has 78 valence electrons. The summed E-state index contributed by atoms with van der Waals surface area (Å²) in [5, 5.41) is 7.44. The second-order valence-corrected chi connectivity index (χ2v) is 4.50. The first-order valence-corrected chi connectivity index (χ1v) is 5.58. The average Bonchev–Trinajstić information content (AvgIpc) is 2.86. The van der Waals surface area contributed by atoms with Gasteiger partial charge in [-0.2, -0.15) is 0 Å². The summed E-state index contributed by atoms with van der Waals surface area (Å²) in [5.41, 5.74) is 1.34. The molecular weight excluding hydrogens is 186 g/mol. The van der Waals surface area contributed by atoms with Crippen molar-refractivity contribution < 1.29 is 0 Å². The Morgan fingerprint density at radius 1 is 1.47 bits per heavy atom. The van der Waals surface area contributed by atoms with Crippen molar-refractivity contribution in [3.63, 3.8) is 0 Å². The molecule has 2 bridgehead atoms. The van der Waals surface area contributed by atoms with Gasteiger partial charge in [0.05, 0.1) is 6.34 Å². The number of hydrogen-bond acceptors (Lipinski definition) is 2. The number of hydrogen-bond donors (Lipinski definition) is 1. The predicted octanol–water partition coefficient (Wildman–Crippen LogP) is 2.01. The predicted molar refractivity (Wildman–Crippen MR) is 59.0 cm³/mol. The Kier molecular flexibility index (Phi) is 1.97. The molecule has 3 nitrogen and oxygen atoms in total. The second kappa shape index (κ2) is 3.33. The summed E-state index contributed by atoms with van der Waals surface area (Å²) in [6.45, 7) is 0. The summed E-state index contributed by atoms with van der Waals surface area (Å²) >= 11 is 0. The normalized spacial score (nSPS) is 33.3. The molecule has 0 radical (unpaired) electrons. The van der Waals surface area contributed by atoms with Crippen molar-refractivity contribution in [2.45, 2.75) is 37.3 Å². The number of rotatable bonds is 2. The second-order valence-electron chi connectivity index (χ2n) is 4.50. The van der Waals surface area contributed by atoms with Crippen molar-refractivity contribution >= 4 is 6.34 Å². The largest absolute Gasteiger partial charge is 0.357 e. The summed E-state index contributed by atoms with van der Waals surface area (Å²) < 4.78 is 0. The van der Waals surface area contributed by atoms with Gasteiger partial charge < -0.3 is 4.90 Å². The maximum atomic E-state index is 7.44. The van der Waals surface area contributed by atoms with Gasteiger partial charge in [0.1, 0.15) is 0 Å². The maximum absolute atomic E-state index is 7.44. The quantitative estimate of drug-likeness (QED) is 0.587. The monoisotopic (exact) mass is 201 g/mol. The molecule has 3 unspecified atom stereocenters. The lowest BCUT2D eigenvalue weighted by atomic mass is 9.85. The van der Waals surface area contributed by atoms with Crippen molar-refractivity contribution in [1.29, 1.82) is 5.41 Å². The Morgan fingerprint density at radius 3 is 3.07 bits per heavy atom. The van der Waals surface area contributed by atoms with Crippen LogP contribution < -0.4 is 0 Å². The molecule has 0 aromatic carbocycles. The van der Waals surface area contributed by atoms with Crippen LogP contribution in [-0.4, -0.2) is 28.3 Å². The Hall–Kier alpha value is -1.38. The highest BCUT2D eigenvalue weighted by atomic mass is 15.2. The van der Waals surface area contributed by atoms with Gasteiger partial charge in [-0.3, -0.25) is 10.4 Å². The lowest BCUT2D eigenvalue weighted by Crippen LogP contribution is -2.27. The Labute approximate surface area is 89.6 Å². The van der Waals surface area contributed by atoms with Crippen LogP contribution in [0.15, 0.2) is 24.5 Å². The van der Waals surface area contributed by atoms with E-state index in [1.54, 1.807) is 0 Å². The molecule has 2 aliphatic heterocycles. The zero-order chi connectivity index (χ0) is 10.3. The highest BCUT2D eigenvalue weighted by Gasteiger charge is 2.45. The van der Waals surface area contributed by atoms with E-state index in [-0.39, 0.29) is 0 Å². The van der Waals surface area contributed by atoms with Crippen molar-refractivity contribution in [2.24, 2.45) is 0 Å². The van der Waals surface area contributed by atoms with E-state index in [4.69, 9.17) is 5.41 Å². The molecular formula is C12H15N3. The highest BCUT2D eigenvalue weighted by Crippen LogP contribution is 2.45. The van der Waals surface area contributed by atoms with Crippen LogP contribution in [0.4, 0.5) is 0 Å². The number of nitrogens with zero attached hydrogens (tertiary/aromatic N) is 2. The zero-order valence-corrected chi connectivity index (χ0v) is 8.63. The fourth-order valence-corrected chi connectivity index (χ4v) is 3.19. The molecule has 0 aliphatic carbocycles. The molecule has 0 spiro atoms.